The average Bonchev–Trinajstić information content (AvgIpc) is 2.55. The fourth-order valence-corrected chi connectivity index (χ4v) is 3.12. The molecule has 0 atom stereocenters. The van der Waals surface area contributed by atoms with Crippen LogP contribution in [0.15, 0.2) is 59.7 Å². The smallest absolute Gasteiger partial charge is 0.185 e. The molecule has 0 radical (unpaired) electrons. The first kappa shape index (κ1) is 16.0. The molecule has 0 aliphatic heterocycles. The molecule has 116 valence electrons. The van der Waals surface area contributed by atoms with Crippen molar-refractivity contribution in [3.05, 3.63) is 80.8 Å². The number of rotatable bonds is 2. The van der Waals surface area contributed by atoms with Gasteiger partial charge in [-0.25, -0.2) is 0 Å². The summed E-state index contributed by atoms with van der Waals surface area (Å²) in [6.45, 7) is 0. The van der Waals surface area contributed by atoms with E-state index in [0.717, 1.165) is 41.5 Å². The lowest BCUT2D eigenvalue weighted by Gasteiger charge is -2.17. The number of ketones is 1. The van der Waals surface area contributed by atoms with Gasteiger partial charge in [-0.3, -0.25) is 4.79 Å². The van der Waals surface area contributed by atoms with Crippen LogP contribution in [0.1, 0.15) is 30.4 Å². The van der Waals surface area contributed by atoms with Crippen molar-refractivity contribution in [2.75, 3.05) is 0 Å². The molecule has 3 heteroatoms. The summed E-state index contributed by atoms with van der Waals surface area (Å²) in [4.78, 5) is 12.7. The van der Waals surface area contributed by atoms with E-state index in [2.05, 4.69) is 0 Å². The molecule has 0 heterocycles. The number of carbonyl (C=O) groups is 1. The van der Waals surface area contributed by atoms with E-state index in [0.29, 0.717) is 10.0 Å². The van der Waals surface area contributed by atoms with Gasteiger partial charge in [0.15, 0.2) is 5.78 Å². The van der Waals surface area contributed by atoms with E-state index in [9.17, 15) is 4.79 Å². The lowest BCUT2D eigenvalue weighted by Crippen LogP contribution is -2.12. The van der Waals surface area contributed by atoms with Crippen molar-refractivity contribution in [2.24, 2.45) is 0 Å². The molecule has 0 unspecified atom stereocenters. The van der Waals surface area contributed by atoms with Gasteiger partial charge in [-0.2, -0.15) is 0 Å². The summed E-state index contributed by atoms with van der Waals surface area (Å²) < 4.78 is 0. The van der Waals surface area contributed by atoms with Gasteiger partial charge in [-0.05, 0) is 54.7 Å². The zero-order valence-electron chi connectivity index (χ0n) is 12.6. The molecule has 0 spiro atoms. The van der Waals surface area contributed by atoms with Crippen LogP contribution in [-0.4, -0.2) is 5.78 Å². The summed E-state index contributed by atoms with van der Waals surface area (Å²) in [5.74, 6) is 0.0936. The molecule has 1 aliphatic carbocycles. The first-order valence-corrected chi connectivity index (χ1v) is 8.35. The Balaban J connectivity index is 1.93. The van der Waals surface area contributed by atoms with Gasteiger partial charge in [0.1, 0.15) is 0 Å². The van der Waals surface area contributed by atoms with E-state index in [-0.39, 0.29) is 5.78 Å². The summed E-state index contributed by atoms with van der Waals surface area (Å²) in [6.07, 6.45) is 6.33. The third-order valence-electron chi connectivity index (χ3n) is 3.95. The zero-order valence-corrected chi connectivity index (χ0v) is 14.1. The fraction of sp³-hybridized carbons (Fsp3) is 0.150. The van der Waals surface area contributed by atoms with Gasteiger partial charge in [-0.15, -0.1) is 0 Å². The van der Waals surface area contributed by atoms with Crippen molar-refractivity contribution in [1.82, 2.24) is 0 Å². The van der Waals surface area contributed by atoms with Crippen LogP contribution in [0, 0.1) is 0 Å². The minimum absolute atomic E-state index is 0.0936. The molecular weight excluding hydrogens is 327 g/mol. The van der Waals surface area contributed by atoms with Gasteiger partial charge in [0.25, 0.3) is 0 Å². The van der Waals surface area contributed by atoms with E-state index in [1.807, 2.05) is 60.7 Å². The molecule has 0 bridgehead atoms. The third-order valence-corrected chi connectivity index (χ3v) is 4.63. The summed E-state index contributed by atoms with van der Waals surface area (Å²) >= 11 is 12.4. The minimum atomic E-state index is 0.0936. The van der Waals surface area contributed by atoms with Crippen LogP contribution in [0.3, 0.4) is 0 Å². The number of hydrogen-bond donors (Lipinski definition) is 0. The van der Waals surface area contributed by atoms with E-state index in [1.165, 1.54) is 0 Å². The Morgan fingerprint density at radius 3 is 1.61 bits per heavy atom. The van der Waals surface area contributed by atoms with E-state index in [4.69, 9.17) is 23.2 Å². The van der Waals surface area contributed by atoms with Crippen LogP contribution in [-0.2, 0) is 4.79 Å². The second-order valence-electron chi connectivity index (χ2n) is 5.56. The van der Waals surface area contributed by atoms with Crippen LogP contribution in [0.2, 0.25) is 10.0 Å². The van der Waals surface area contributed by atoms with E-state index in [1.54, 1.807) is 0 Å². The molecule has 1 nitrogen and oxygen atoms in total. The van der Waals surface area contributed by atoms with Crippen molar-refractivity contribution in [3.8, 4) is 0 Å². The Kier molecular flexibility index (Phi) is 5.00. The Bertz CT molecular complexity index is 737. The van der Waals surface area contributed by atoms with Gasteiger partial charge >= 0.3 is 0 Å². The number of benzene rings is 2. The second-order valence-corrected chi connectivity index (χ2v) is 6.38. The van der Waals surface area contributed by atoms with Gasteiger partial charge in [0, 0.05) is 21.2 Å². The molecule has 1 saturated carbocycles. The van der Waals surface area contributed by atoms with Crippen LogP contribution >= 0.6 is 23.2 Å². The molecule has 2 aromatic carbocycles. The number of Topliss-reactive ketones (excluding diaryl/α,β-unsaturated/α-hetero) is 1. The Labute approximate surface area is 146 Å². The van der Waals surface area contributed by atoms with Gasteiger partial charge in [-0.1, -0.05) is 59.6 Å². The quantitative estimate of drug-likeness (QED) is 0.592. The van der Waals surface area contributed by atoms with Crippen molar-refractivity contribution < 1.29 is 4.79 Å². The minimum Gasteiger partial charge on any atom is -0.289 e. The molecule has 0 amide bonds. The first-order chi connectivity index (χ1) is 11.1. The molecule has 0 aromatic heterocycles. The Morgan fingerprint density at radius 1 is 0.739 bits per heavy atom. The second kappa shape index (κ2) is 7.16. The highest BCUT2D eigenvalue weighted by Crippen LogP contribution is 2.30. The highest BCUT2D eigenvalue weighted by atomic mass is 35.5. The molecule has 2 aromatic rings. The van der Waals surface area contributed by atoms with Gasteiger partial charge in [0.05, 0.1) is 0 Å². The predicted molar refractivity (Wildman–Crippen MR) is 97.7 cm³/mol. The van der Waals surface area contributed by atoms with Gasteiger partial charge < -0.3 is 0 Å². The summed E-state index contributed by atoms with van der Waals surface area (Å²) in [6, 6.07) is 15.1. The van der Waals surface area contributed by atoms with Crippen molar-refractivity contribution in [2.45, 2.75) is 19.3 Å². The average molecular weight is 343 g/mol. The summed E-state index contributed by atoms with van der Waals surface area (Å²) in [5, 5.41) is 1.32. The molecule has 3 rings (SSSR count). The fourth-order valence-electron chi connectivity index (χ4n) is 2.74. The van der Waals surface area contributed by atoms with Crippen LogP contribution in [0.25, 0.3) is 12.2 Å². The molecular formula is C20H16Cl2O. The maximum Gasteiger partial charge on any atom is 0.185 e. The van der Waals surface area contributed by atoms with Crippen molar-refractivity contribution in [3.63, 3.8) is 0 Å². The Morgan fingerprint density at radius 2 is 1.17 bits per heavy atom. The molecule has 0 saturated heterocycles. The van der Waals surface area contributed by atoms with Crippen molar-refractivity contribution >= 4 is 41.1 Å². The SMILES string of the molecule is O=C1/C(=C/c2ccccc2Cl)CCC/C1=C\c1ccccc1Cl. The van der Waals surface area contributed by atoms with Crippen LogP contribution in [0.4, 0.5) is 0 Å². The Hall–Kier alpha value is -1.83. The molecule has 1 fully saturated rings. The zero-order chi connectivity index (χ0) is 16.2. The van der Waals surface area contributed by atoms with Crippen molar-refractivity contribution in [1.29, 1.82) is 0 Å². The maximum atomic E-state index is 12.7. The first-order valence-electron chi connectivity index (χ1n) is 7.60. The monoisotopic (exact) mass is 342 g/mol. The normalized spacial score (nSPS) is 18.6. The number of halogens is 2. The van der Waals surface area contributed by atoms with Crippen LogP contribution in [0.5, 0.6) is 0 Å². The van der Waals surface area contributed by atoms with Crippen LogP contribution < -0.4 is 0 Å². The number of hydrogen-bond acceptors (Lipinski definition) is 1. The summed E-state index contributed by atoms with van der Waals surface area (Å²) in [7, 11) is 0. The molecule has 23 heavy (non-hydrogen) atoms. The standard InChI is InChI=1S/C20H16Cl2O/c21-18-10-3-1-6-14(18)12-16-8-5-9-17(20(16)23)13-15-7-2-4-11-19(15)22/h1-4,6-7,10-13H,5,8-9H2/b16-12+,17-13+. The topological polar surface area (TPSA) is 17.1 Å². The highest BCUT2D eigenvalue weighted by Gasteiger charge is 2.21. The van der Waals surface area contributed by atoms with E-state index < -0.39 is 0 Å². The predicted octanol–water partition coefficient (Wildman–Crippen LogP) is 6.21. The third kappa shape index (κ3) is 3.74. The lowest BCUT2D eigenvalue weighted by molar-refractivity contribution is -0.112. The summed E-state index contributed by atoms with van der Waals surface area (Å²) in [5.41, 5.74) is 3.39. The highest BCUT2D eigenvalue weighted by molar-refractivity contribution is 6.32. The lowest BCUT2D eigenvalue weighted by atomic mass is 9.87. The number of carbonyl (C=O) groups excluding carboxylic acids is 1. The largest absolute Gasteiger partial charge is 0.289 e. The molecule has 1 aliphatic rings. The maximum absolute atomic E-state index is 12.7. The van der Waals surface area contributed by atoms with Gasteiger partial charge in [0.2, 0.25) is 0 Å². The number of allylic oxidation sites excluding steroid dienone is 2. The molecule has 0 N–H and O–H groups in total. The van der Waals surface area contributed by atoms with E-state index >= 15 is 0 Å².